The molecule has 3 rings (SSSR count). The lowest BCUT2D eigenvalue weighted by Crippen LogP contribution is -2.33. The highest BCUT2D eigenvalue weighted by molar-refractivity contribution is 5.99. The number of likely N-dealkylation sites (tertiary alicyclic amines) is 1. The van der Waals surface area contributed by atoms with Crippen LogP contribution < -0.4 is 10.2 Å². The van der Waals surface area contributed by atoms with E-state index < -0.39 is 0 Å². The topological polar surface area (TPSA) is 52.7 Å². The van der Waals surface area contributed by atoms with Crippen molar-refractivity contribution >= 4 is 17.5 Å². The van der Waals surface area contributed by atoms with Gasteiger partial charge in [0.05, 0.1) is 0 Å². The van der Waals surface area contributed by atoms with Gasteiger partial charge < -0.3 is 15.1 Å². The van der Waals surface area contributed by atoms with Gasteiger partial charge in [-0.25, -0.2) is 0 Å². The molecule has 1 aromatic rings. The van der Waals surface area contributed by atoms with Crippen molar-refractivity contribution in [1.29, 1.82) is 0 Å². The van der Waals surface area contributed by atoms with Crippen molar-refractivity contribution in [3.8, 4) is 0 Å². The zero-order chi connectivity index (χ0) is 16.8. The number of nitrogens with one attached hydrogen (secondary N) is 1. The Hall–Kier alpha value is -1.88. The maximum absolute atomic E-state index is 12.3. The molecular weight excluding hydrogens is 302 g/mol. The highest BCUT2D eigenvalue weighted by Crippen LogP contribution is 2.22. The first-order valence-corrected chi connectivity index (χ1v) is 9.15. The first-order valence-electron chi connectivity index (χ1n) is 9.15. The quantitative estimate of drug-likeness (QED) is 0.816. The number of hydrogen-bond acceptors (Lipinski definition) is 3. The van der Waals surface area contributed by atoms with Gasteiger partial charge in [-0.2, -0.15) is 0 Å². The number of anilines is 1. The molecule has 1 N–H and O–H groups in total. The van der Waals surface area contributed by atoms with Crippen LogP contribution in [0.5, 0.6) is 0 Å². The molecule has 0 saturated carbocycles. The summed E-state index contributed by atoms with van der Waals surface area (Å²) in [7, 11) is 0. The molecule has 0 unspecified atom stereocenters. The molecule has 0 aromatic heterocycles. The van der Waals surface area contributed by atoms with E-state index in [0.29, 0.717) is 18.5 Å². The minimum absolute atomic E-state index is 0.0536. The summed E-state index contributed by atoms with van der Waals surface area (Å²) < 4.78 is 0. The second-order valence-electron chi connectivity index (χ2n) is 6.71. The average Bonchev–Trinajstić information content (AvgIpc) is 3.05. The van der Waals surface area contributed by atoms with Gasteiger partial charge in [0, 0.05) is 30.8 Å². The molecule has 2 saturated heterocycles. The van der Waals surface area contributed by atoms with Gasteiger partial charge in [-0.3, -0.25) is 9.59 Å². The van der Waals surface area contributed by atoms with Gasteiger partial charge in [-0.05, 0) is 63.5 Å². The minimum Gasteiger partial charge on any atom is -0.352 e. The summed E-state index contributed by atoms with van der Waals surface area (Å²) in [4.78, 5) is 28.4. The lowest BCUT2D eigenvalue weighted by Gasteiger charge is -2.26. The summed E-state index contributed by atoms with van der Waals surface area (Å²) in [5.41, 5.74) is 1.46. The van der Waals surface area contributed by atoms with Gasteiger partial charge in [-0.15, -0.1) is 0 Å². The van der Waals surface area contributed by atoms with Crippen LogP contribution in [0.4, 0.5) is 5.69 Å². The summed E-state index contributed by atoms with van der Waals surface area (Å²) in [6, 6.07) is 7.38. The van der Waals surface area contributed by atoms with Crippen molar-refractivity contribution in [2.45, 2.75) is 38.5 Å². The molecule has 1 aromatic carbocycles. The van der Waals surface area contributed by atoms with Crippen molar-refractivity contribution in [3.05, 3.63) is 29.8 Å². The number of amides is 2. The molecule has 24 heavy (non-hydrogen) atoms. The lowest BCUT2D eigenvalue weighted by atomic mass is 10.1. The number of piperidine rings is 1. The summed E-state index contributed by atoms with van der Waals surface area (Å²) >= 11 is 0. The first-order chi connectivity index (χ1) is 11.7. The molecule has 2 aliphatic rings. The molecule has 0 bridgehead atoms. The third-order valence-electron chi connectivity index (χ3n) is 4.88. The Morgan fingerprint density at radius 2 is 1.92 bits per heavy atom. The van der Waals surface area contributed by atoms with Gasteiger partial charge >= 0.3 is 0 Å². The highest BCUT2D eigenvalue weighted by atomic mass is 16.2. The summed E-state index contributed by atoms with van der Waals surface area (Å²) in [5, 5.41) is 3.00. The van der Waals surface area contributed by atoms with Gasteiger partial charge in [0.2, 0.25) is 5.91 Å². The fraction of sp³-hybridized carbons (Fsp3) is 0.579. The maximum Gasteiger partial charge on any atom is 0.251 e. The fourth-order valence-electron chi connectivity index (χ4n) is 3.53. The Morgan fingerprint density at radius 1 is 1.08 bits per heavy atom. The molecule has 0 aliphatic carbocycles. The van der Waals surface area contributed by atoms with E-state index in [1.54, 1.807) is 4.90 Å². The Morgan fingerprint density at radius 3 is 2.67 bits per heavy atom. The number of benzene rings is 1. The molecule has 2 fully saturated rings. The number of hydrogen-bond donors (Lipinski definition) is 1. The monoisotopic (exact) mass is 329 g/mol. The number of carbonyl (C=O) groups excluding carboxylic acids is 2. The van der Waals surface area contributed by atoms with Crippen LogP contribution >= 0.6 is 0 Å². The van der Waals surface area contributed by atoms with Gasteiger partial charge in [-0.1, -0.05) is 12.5 Å². The first kappa shape index (κ1) is 17.0. The van der Waals surface area contributed by atoms with Gasteiger partial charge in [0.25, 0.3) is 5.91 Å². The predicted molar refractivity (Wildman–Crippen MR) is 95.3 cm³/mol. The SMILES string of the molecule is O=C(NCCCN1CCCCC1)c1cccc(N2CCCC2=O)c1. The Bertz CT molecular complexity index is 582. The Labute approximate surface area is 144 Å². The standard InChI is InChI=1S/C19H27N3O2/c23-18-9-5-14-22(18)17-8-4-7-16(15-17)19(24)20-10-6-13-21-11-2-1-3-12-21/h4,7-8,15H,1-3,5-6,9-14H2,(H,20,24). The zero-order valence-electron chi connectivity index (χ0n) is 14.3. The number of rotatable bonds is 6. The van der Waals surface area contributed by atoms with Crippen LogP contribution in [0.1, 0.15) is 48.9 Å². The van der Waals surface area contributed by atoms with Gasteiger partial charge in [0.1, 0.15) is 0 Å². The molecule has 2 aliphatic heterocycles. The molecule has 130 valence electrons. The van der Waals surface area contributed by atoms with Crippen molar-refractivity contribution < 1.29 is 9.59 Å². The minimum atomic E-state index is -0.0536. The van der Waals surface area contributed by atoms with Crippen molar-refractivity contribution in [1.82, 2.24) is 10.2 Å². The van der Waals surface area contributed by atoms with E-state index in [4.69, 9.17) is 0 Å². The molecule has 2 amide bonds. The van der Waals surface area contributed by atoms with E-state index in [1.807, 2.05) is 24.3 Å². The molecule has 5 heteroatoms. The van der Waals surface area contributed by atoms with Crippen LogP contribution in [0.15, 0.2) is 24.3 Å². The van der Waals surface area contributed by atoms with Crippen LogP contribution in [0.3, 0.4) is 0 Å². The normalized spacial score (nSPS) is 18.8. The molecule has 0 spiro atoms. The van der Waals surface area contributed by atoms with Gasteiger partial charge in [0.15, 0.2) is 0 Å². The third kappa shape index (κ3) is 4.35. The van der Waals surface area contributed by atoms with E-state index in [-0.39, 0.29) is 11.8 Å². The van der Waals surface area contributed by atoms with Crippen molar-refractivity contribution in [3.63, 3.8) is 0 Å². The Balaban J connectivity index is 1.47. The second kappa shape index (κ2) is 8.29. The number of carbonyl (C=O) groups is 2. The van der Waals surface area contributed by atoms with Crippen LogP contribution in [-0.2, 0) is 4.79 Å². The summed E-state index contributed by atoms with van der Waals surface area (Å²) in [6.45, 7) is 4.89. The van der Waals surface area contributed by atoms with Crippen molar-refractivity contribution in [2.75, 3.05) is 37.6 Å². The summed E-state index contributed by atoms with van der Waals surface area (Å²) in [5.74, 6) is 0.0937. The maximum atomic E-state index is 12.3. The third-order valence-corrected chi connectivity index (χ3v) is 4.88. The van der Waals surface area contributed by atoms with Crippen LogP contribution in [0.25, 0.3) is 0 Å². The van der Waals surface area contributed by atoms with Crippen LogP contribution in [0, 0.1) is 0 Å². The van der Waals surface area contributed by atoms with E-state index >= 15 is 0 Å². The average molecular weight is 329 g/mol. The molecular formula is C19H27N3O2. The zero-order valence-corrected chi connectivity index (χ0v) is 14.3. The Kier molecular flexibility index (Phi) is 5.86. The molecule has 5 nitrogen and oxygen atoms in total. The highest BCUT2D eigenvalue weighted by Gasteiger charge is 2.22. The van der Waals surface area contributed by atoms with E-state index in [9.17, 15) is 9.59 Å². The smallest absolute Gasteiger partial charge is 0.251 e. The summed E-state index contributed by atoms with van der Waals surface area (Å²) in [6.07, 6.45) is 6.43. The lowest BCUT2D eigenvalue weighted by molar-refractivity contribution is -0.117. The predicted octanol–water partition coefficient (Wildman–Crippen LogP) is 2.42. The van der Waals surface area contributed by atoms with Crippen LogP contribution in [0.2, 0.25) is 0 Å². The number of nitrogens with zero attached hydrogens (tertiary/aromatic N) is 2. The second-order valence-corrected chi connectivity index (χ2v) is 6.71. The fourth-order valence-corrected chi connectivity index (χ4v) is 3.53. The van der Waals surface area contributed by atoms with Crippen LogP contribution in [-0.4, -0.2) is 49.4 Å². The van der Waals surface area contributed by atoms with Crippen molar-refractivity contribution in [2.24, 2.45) is 0 Å². The molecule has 0 radical (unpaired) electrons. The molecule has 2 heterocycles. The molecule has 0 atom stereocenters. The van der Waals surface area contributed by atoms with E-state index in [0.717, 1.165) is 31.6 Å². The van der Waals surface area contributed by atoms with E-state index in [1.165, 1.54) is 32.4 Å². The largest absolute Gasteiger partial charge is 0.352 e. The van der Waals surface area contributed by atoms with E-state index in [2.05, 4.69) is 10.2 Å².